The standard InChI is InChI=1S/C24H24FN3O4S/c1-24(25)8-9-32-13-17-7-6-16(11-19(17)24)22(30)26-12-21(29)28-23-27-20(14-33-23)15-4-3-5-18(10-15)31-2/h3-7,10-11,14H,8-9,12-13H2,1-2H3,(H,26,30)(H,27,28,29)/t24-/m0/s1. The van der Waals surface area contributed by atoms with E-state index in [1.807, 2.05) is 29.6 Å². The number of rotatable bonds is 6. The molecule has 0 bridgehead atoms. The second-order valence-corrected chi connectivity index (χ2v) is 8.73. The van der Waals surface area contributed by atoms with E-state index in [1.165, 1.54) is 18.3 Å². The van der Waals surface area contributed by atoms with E-state index in [1.54, 1.807) is 25.3 Å². The van der Waals surface area contributed by atoms with Crippen molar-refractivity contribution in [1.82, 2.24) is 10.3 Å². The molecule has 0 radical (unpaired) electrons. The molecule has 9 heteroatoms. The van der Waals surface area contributed by atoms with Crippen LogP contribution in [0.4, 0.5) is 9.52 Å². The lowest BCUT2D eigenvalue weighted by Gasteiger charge is -2.20. The van der Waals surface area contributed by atoms with Gasteiger partial charge in [-0.25, -0.2) is 9.37 Å². The van der Waals surface area contributed by atoms with Crippen molar-refractivity contribution in [3.8, 4) is 17.0 Å². The number of benzene rings is 2. The predicted octanol–water partition coefficient (Wildman–Crippen LogP) is 4.29. The number of carbonyl (C=O) groups excluding carboxylic acids is 2. The Kier molecular flexibility index (Phi) is 6.71. The zero-order chi connectivity index (χ0) is 23.4. The summed E-state index contributed by atoms with van der Waals surface area (Å²) in [5.41, 5.74) is 1.47. The van der Waals surface area contributed by atoms with Crippen molar-refractivity contribution in [2.45, 2.75) is 25.6 Å². The summed E-state index contributed by atoms with van der Waals surface area (Å²) >= 11 is 1.28. The quantitative estimate of drug-likeness (QED) is 0.562. The van der Waals surface area contributed by atoms with Crippen molar-refractivity contribution >= 4 is 28.3 Å². The van der Waals surface area contributed by atoms with E-state index in [9.17, 15) is 9.59 Å². The van der Waals surface area contributed by atoms with E-state index in [4.69, 9.17) is 9.47 Å². The SMILES string of the molecule is COc1cccc(-c2csc(NC(=O)CNC(=O)c3ccc4c(c3)[C@@](C)(F)CCOC4)n2)c1. The van der Waals surface area contributed by atoms with Crippen LogP contribution < -0.4 is 15.4 Å². The molecule has 0 aliphatic carbocycles. The lowest BCUT2D eigenvalue weighted by Crippen LogP contribution is -2.33. The van der Waals surface area contributed by atoms with Gasteiger partial charge in [0.2, 0.25) is 5.91 Å². The topological polar surface area (TPSA) is 89.6 Å². The van der Waals surface area contributed by atoms with Gasteiger partial charge in [-0.15, -0.1) is 11.3 Å². The van der Waals surface area contributed by atoms with Crippen LogP contribution in [0.1, 0.15) is 34.8 Å². The molecule has 2 aromatic carbocycles. The number of methoxy groups -OCH3 is 1. The fraction of sp³-hybridized carbons (Fsp3) is 0.292. The van der Waals surface area contributed by atoms with Gasteiger partial charge in [-0.3, -0.25) is 9.59 Å². The third-order valence-electron chi connectivity index (χ3n) is 5.43. The highest BCUT2D eigenvalue weighted by Gasteiger charge is 2.31. The van der Waals surface area contributed by atoms with Crippen molar-refractivity contribution in [3.05, 3.63) is 64.5 Å². The first-order valence-electron chi connectivity index (χ1n) is 10.4. The third kappa shape index (κ3) is 5.37. The molecule has 1 atom stereocenters. The summed E-state index contributed by atoms with van der Waals surface area (Å²) in [4.78, 5) is 29.3. The number of carbonyl (C=O) groups is 2. The van der Waals surface area contributed by atoms with Gasteiger partial charge in [-0.1, -0.05) is 18.2 Å². The zero-order valence-corrected chi connectivity index (χ0v) is 19.1. The van der Waals surface area contributed by atoms with Crippen LogP contribution in [0, 0.1) is 0 Å². The van der Waals surface area contributed by atoms with Gasteiger partial charge < -0.3 is 20.1 Å². The molecule has 33 heavy (non-hydrogen) atoms. The monoisotopic (exact) mass is 469 g/mol. The fourth-order valence-corrected chi connectivity index (χ4v) is 4.32. The number of ether oxygens (including phenoxy) is 2. The highest BCUT2D eigenvalue weighted by atomic mass is 32.1. The smallest absolute Gasteiger partial charge is 0.251 e. The average Bonchev–Trinajstić information content (AvgIpc) is 3.22. The number of aromatic nitrogens is 1. The van der Waals surface area contributed by atoms with Gasteiger partial charge in [0.05, 0.1) is 32.6 Å². The lowest BCUT2D eigenvalue weighted by atomic mass is 9.90. The van der Waals surface area contributed by atoms with Crippen molar-refractivity contribution < 1.29 is 23.5 Å². The Hall–Kier alpha value is -3.30. The van der Waals surface area contributed by atoms with Crippen LogP contribution in [0.15, 0.2) is 47.8 Å². The number of thiazole rings is 1. The molecule has 0 spiro atoms. The van der Waals surface area contributed by atoms with Crippen molar-refractivity contribution in [3.63, 3.8) is 0 Å². The zero-order valence-electron chi connectivity index (χ0n) is 18.3. The molecule has 0 saturated heterocycles. The largest absolute Gasteiger partial charge is 0.497 e. The Morgan fingerprint density at radius 1 is 1.27 bits per heavy atom. The molecule has 7 nitrogen and oxygen atoms in total. The number of nitrogens with zero attached hydrogens (tertiary/aromatic N) is 1. The Balaban J connectivity index is 1.36. The first kappa shape index (κ1) is 22.9. The van der Waals surface area contributed by atoms with E-state index in [0.29, 0.717) is 40.9 Å². The van der Waals surface area contributed by atoms with E-state index >= 15 is 4.39 Å². The van der Waals surface area contributed by atoms with Crippen molar-refractivity contribution in [1.29, 1.82) is 0 Å². The van der Waals surface area contributed by atoms with Crippen LogP contribution in [0.25, 0.3) is 11.3 Å². The van der Waals surface area contributed by atoms with Gasteiger partial charge >= 0.3 is 0 Å². The van der Waals surface area contributed by atoms with Gasteiger partial charge in [0.15, 0.2) is 5.13 Å². The van der Waals surface area contributed by atoms with Crippen molar-refractivity contribution in [2.24, 2.45) is 0 Å². The fourth-order valence-electron chi connectivity index (χ4n) is 3.58. The maximum atomic E-state index is 15.0. The van der Waals surface area contributed by atoms with E-state index < -0.39 is 17.5 Å². The van der Waals surface area contributed by atoms with Crippen LogP contribution in [-0.2, 0) is 21.8 Å². The summed E-state index contributed by atoms with van der Waals surface area (Å²) in [5.74, 6) is -0.147. The van der Waals surface area contributed by atoms with Crippen LogP contribution in [0.5, 0.6) is 5.75 Å². The number of amides is 2. The Morgan fingerprint density at radius 3 is 2.94 bits per heavy atom. The summed E-state index contributed by atoms with van der Waals surface area (Å²) in [6, 6.07) is 12.3. The molecular formula is C24H24FN3O4S. The summed E-state index contributed by atoms with van der Waals surface area (Å²) in [6.45, 7) is 1.88. The molecule has 1 aliphatic heterocycles. The first-order chi connectivity index (χ1) is 15.9. The number of hydrogen-bond donors (Lipinski definition) is 2. The number of fused-ring (bicyclic) bond motifs is 1. The molecule has 2 amide bonds. The molecule has 3 aromatic rings. The summed E-state index contributed by atoms with van der Waals surface area (Å²) < 4.78 is 25.7. The van der Waals surface area contributed by atoms with E-state index in [2.05, 4.69) is 15.6 Å². The Labute approximate surface area is 194 Å². The average molecular weight is 470 g/mol. The van der Waals surface area contributed by atoms with Crippen molar-refractivity contribution in [2.75, 3.05) is 25.6 Å². The summed E-state index contributed by atoms with van der Waals surface area (Å²) in [6.07, 6.45) is 0.221. The van der Waals surface area contributed by atoms with Gasteiger partial charge in [0.1, 0.15) is 11.4 Å². The molecule has 2 heterocycles. The highest BCUT2D eigenvalue weighted by Crippen LogP contribution is 2.35. The summed E-state index contributed by atoms with van der Waals surface area (Å²) in [7, 11) is 1.59. The molecule has 1 aromatic heterocycles. The molecule has 1 aliphatic rings. The van der Waals surface area contributed by atoms with E-state index in [0.717, 1.165) is 11.1 Å². The van der Waals surface area contributed by atoms with E-state index in [-0.39, 0.29) is 13.0 Å². The minimum atomic E-state index is -1.58. The number of alkyl halides is 1. The van der Waals surface area contributed by atoms with Crippen LogP contribution in [0.3, 0.4) is 0 Å². The first-order valence-corrected chi connectivity index (χ1v) is 11.3. The van der Waals surface area contributed by atoms with Gasteiger partial charge in [-0.2, -0.15) is 0 Å². The second kappa shape index (κ2) is 9.68. The molecular weight excluding hydrogens is 445 g/mol. The molecule has 2 N–H and O–H groups in total. The van der Waals surface area contributed by atoms with Crippen LogP contribution in [0.2, 0.25) is 0 Å². The third-order valence-corrected chi connectivity index (χ3v) is 6.19. The molecule has 0 saturated carbocycles. The highest BCUT2D eigenvalue weighted by molar-refractivity contribution is 7.14. The number of halogens is 1. The maximum absolute atomic E-state index is 15.0. The minimum Gasteiger partial charge on any atom is -0.497 e. The lowest BCUT2D eigenvalue weighted by molar-refractivity contribution is -0.115. The Morgan fingerprint density at radius 2 is 2.12 bits per heavy atom. The van der Waals surface area contributed by atoms with Gasteiger partial charge in [0.25, 0.3) is 5.91 Å². The molecule has 0 fully saturated rings. The molecule has 4 rings (SSSR count). The summed E-state index contributed by atoms with van der Waals surface area (Å²) in [5, 5.41) is 7.51. The molecule has 172 valence electrons. The van der Waals surface area contributed by atoms with Gasteiger partial charge in [-0.05, 0) is 42.3 Å². The molecule has 0 unspecified atom stereocenters. The second-order valence-electron chi connectivity index (χ2n) is 7.87. The van der Waals surface area contributed by atoms with Gasteiger partial charge in [0, 0.05) is 22.9 Å². The normalized spacial score (nSPS) is 17.5. The predicted molar refractivity (Wildman–Crippen MR) is 124 cm³/mol. The maximum Gasteiger partial charge on any atom is 0.251 e. The number of nitrogens with one attached hydrogen (secondary N) is 2. The number of anilines is 1. The minimum absolute atomic E-state index is 0.221. The van der Waals surface area contributed by atoms with Crippen LogP contribution >= 0.6 is 11.3 Å². The number of hydrogen-bond acceptors (Lipinski definition) is 6. The van der Waals surface area contributed by atoms with Crippen LogP contribution in [-0.4, -0.2) is 37.1 Å². The Bertz CT molecular complexity index is 1180.